The zero-order valence-electron chi connectivity index (χ0n) is 6.66. The summed E-state index contributed by atoms with van der Waals surface area (Å²) in [6, 6.07) is 0. The molecule has 0 aromatic heterocycles. The maximum atomic E-state index is 5.55. The van der Waals surface area contributed by atoms with Gasteiger partial charge in [0.25, 0.3) is 0 Å². The molecule has 0 aromatic carbocycles. The van der Waals surface area contributed by atoms with Gasteiger partial charge in [0.1, 0.15) is 0 Å². The van der Waals surface area contributed by atoms with Crippen LogP contribution in [-0.2, 0) is 0 Å². The lowest BCUT2D eigenvalue weighted by Gasteiger charge is -2.16. The highest BCUT2D eigenvalue weighted by atomic mass is 35.5. The molecule has 11 heavy (non-hydrogen) atoms. The number of halogens is 2. The van der Waals surface area contributed by atoms with Crippen molar-refractivity contribution in [2.75, 3.05) is 26.1 Å². The van der Waals surface area contributed by atoms with Crippen LogP contribution in [0.1, 0.15) is 6.42 Å². The number of hydrogen-bond donors (Lipinski definition) is 0. The monoisotopic (exact) mass is 196 g/mol. The first kappa shape index (κ1) is 10.9. The van der Waals surface area contributed by atoms with Crippen molar-refractivity contribution in [1.29, 1.82) is 0 Å². The molecule has 1 rings (SSSR count). The van der Waals surface area contributed by atoms with E-state index >= 15 is 0 Å². The van der Waals surface area contributed by atoms with Crippen molar-refractivity contribution in [3.05, 3.63) is 12.4 Å². The highest BCUT2D eigenvalue weighted by Crippen LogP contribution is 2.03. The lowest BCUT2D eigenvalue weighted by atomic mass is 10.4. The van der Waals surface area contributed by atoms with Crippen LogP contribution >= 0.6 is 24.0 Å². The molecule has 0 fully saturated rings. The van der Waals surface area contributed by atoms with E-state index in [4.69, 9.17) is 11.6 Å². The Hall–Kier alpha value is -0.0800. The van der Waals surface area contributed by atoms with E-state index in [1.54, 1.807) is 0 Å². The molecule has 0 radical (unpaired) electrons. The molecule has 0 atom stereocenters. The Morgan fingerprint density at radius 1 is 1.45 bits per heavy atom. The Balaban J connectivity index is 0.000001000. The predicted octanol–water partition coefficient (Wildman–Crippen LogP) is 1.71. The molecule has 0 saturated carbocycles. The fourth-order valence-corrected chi connectivity index (χ4v) is 1.12. The summed E-state index contributed by atoms with van der Waals surface area (Å²) in [5.74, 6) is 0.758. The average Bonchev–Trinajstić information content (AvgIpc) is 2.31. The lowest BCUT2D eigenvalue weighted by Crippen LogP contribution is -2.23. The lowest BCUT2D eigenvalue weighted by molar-refractivity contribution is 0.297. The summed E-state index contributed by atoms with van der Waals surface area (Å²) in [5.41, 5.74) is 0. The van der Waals surface area contributed by atoms with Gasteiger partial charge in [-0.1, -0.05) is 0 Å². The number of hydrogen-bond acceptors (Lipinski definition) is 2. The largest absolute Gasteiger partial charge is 0.362 e. The SMILES string of the molecule is CN1C=CN(CCCCl)C1.Cl. The van der Waals surface area contributed by atoms with Gasteiger partial charge >= 0.3 is 0 Å². The fourth-order valence-electron chi connectivity index (χ4n) is 0.997. The van der Waals surface area contributed by atoms with Crippen LogP contribution in [0.15, 0.2) is 12.4 Å². The Morgan fingerprint density at radius 2 is 2.18 bits per heavy atom. The first-order valence-electron chi connectivity index (χ1n) is 3.51. The average molecular weight is 197 g/mol. The van der Waals surface area contributed by atoms with Gasteiger partial charge in [0.2, 0.25) is 0 Å². The quantitative estimate of drug-likeness (QED) is 0.635. The third-order valence-corrected chi connectivity index (χ3v) is 1.78. The summed E-state index contributed by atoms with van der Waals surface area (Å²) >= 11 is 5.55. The second-order valence-corrected chi connectivity index (χ2v) is 2.93. The van der Waals surface area contributed by atoms with Gasteiger partial charge in [0, 0.05) is 31.9 Å². The maximum Gasteiger partial charge on any atom is 0.0890 e. The van der Waals surface area contributed by atoms with Crippen molar-refractivity contribution in [3.8, 4) is 0 Å². The minimum absolute atomic E-state index is 0. The van der Waals surface area contributed by atoms with Crippen LogP contribution in [0.3, 0.4) is 0 Å². The molecule has 0 N–H and O–H groups in total. The molecule has 4 heteroatoms. The second kappa shape index (κ2) is 5.56. The molecular formula is C7H14Cl2N2. The summed E-state index contributed by atoms with van der Waals surface area (Å²) in [5, 5.41) is 0. The Morgan fingerprint density at radius 3 is 2.64 bits per heavy atom. The van der Waals surface area contributed by atoms with E-state index in [1.165, 1.54) is 0 Å². The van der Waals surface area contributed by atoms with Crippen LogP contribution in [0.5, 0.6) is 0 Å². The molecule has 1 aliphatic rings. The van der Waals surface area contributed by atoms with E-state index in [-0.39, 0.29) is 12.4 Å². The van der Waals surface area contributed by atoms with Gasteiger partial charge < -0.3 is 9.80 Å². The maximum absolute atomic E-state index is 5.55. The highest BCUT2D eigenvalue weighted by molar-refractivity contribution is 6.17. The van der Waals surface area contributed by atoms with Gasteiger partial charge in [-0.25, -0.2) is 0 Å². The molecule has 2 nitrogen and oxygen atoms in total. The Kier molecular flexibility index (Phi) is 5.51. The van der Waals surface area contributed by atoms with Gasteiger partial charge in [-0.2, -0.15) is 0 Å². The number of nitrogens with zero attached hydrogens (tertiary/aromatic N) is 2. The Labute approximate surface area is 79.2 Å². The van der Waals surface area contributed by atoms with Crippen molar-refractivity contribution < 1.29 is 0 Å². The summed E-state index contributed by atoms with van der Waals surface area (Å²) in [4.78, 5) is 4.40. The molecule has 0 spiro atoms. The Bertz CT molecular complexity index is 128. The standard InChI is InChI=1S/C7H13ClN2.ClH/c1-9-5-6-10(7-9)4-2-3-8;/h5-6H,2-4,7H2,1H3;1H. The topological polar surface area (TPSA) is 6.48 Å². The first-order valence-corrected chi connectivity index (χ1v) is 4.05. The van der Waals surface area contributed by atoms with Crippen LogP contribution in [0.25, 0.3) is 0 Å². The van der Waals surface area contributed by atoms with Gasteiger partial charge in [-0.3, -0.25) is 0 Å². The number of rotatable bonds is 3. The minimum atomic E-state index is 0. The van der Waals surface area contributed by atoms with Crippen molar-refractivity contribution in [3.63, 3.8) is 0 Å². The van der Waals surface area contributed by atoms with E-state index in [9.17, 15) is 0 Å². The van der Waals surface area contributed by atoms with Crippen molar-refractivity contribution >= 4 is 24.0 Å². The van der Waals surface area contributed by atoms with Crippen LogP contribution in [-0.4, -0.2) is 35.9 Å². The summed E-state index contributed by atoms with van der Waals surface area (Å²) in [6.07, 6.45) is 5.25. The van der Waals surface area contributed by atoms with E-state index in [1.807, 2.05) is 0 Å². The smallest absolute Gasteiger partial charge is 0.0890 e. The molecule has 0 bridgehead atoms. The predicted molar refractivity (Wildman–Crippen MR) is 51.1 cm³/mol. The van der Waals surface area contributed by atoms with Gasteiger partial charge in [-0.05, 0) is 6.42 Å². The third-order valence-electron chi connectivity index (χ3n) is 1.52. The normalized spacial score (nSPS) is 15.5. The van der Waals surface area contributed by atoms with E-state index < -0.39 is 0 Å². The van der Waals surface area contributed by atoms with Crippen LogP contribution in [0.2, 0.25) is 0 Å². The summed E-state index contributed by atoms with van der Waals surface area (Å²) in [6.45, 7) is 2.08. The van der Waals surface area contributed by atoms with E-state index in [0.29, 0.717) is 0 Å². The summed E-state index contributed by atoms with van der Waals surface area (Å²) < 4.78 is 0. The molecule has 0 aromatic rings. The second-order valence-electron chi connectivity index (χ2n) is 2.55. The molecular weight excluding hydrogens is 183 g/mol. The van der Waals surface area contributed by atoms with Gasteiger partial charge in [-0.15, -0.1) is 24.0 Å². The van der Waals surface area contributed by atoms with Crippen LogP contribution in [0, 0.1) is 0 Å². The highest BCUT2D eigenvalue weighted by Gasteiger charge is 2.05. The third kappa shape index (κ3) is 3.73. The molecule has 0 saturated heterocycles. The van der Waals surface area contributed by atoms with Gasteiger partial charge in [0.15, 0.2) is 0 Å². The van der Waals surface area contributed by atoms with E-state index in [2.05, 4.69) is 29.2 Å². The van der Waals surface area contributed by atoms with Crippen molar-refractivity contribution in [2.24, 2.45) is 0 Å². The summed E-state index contributed by atoms with van der Waals surface area (Å²) in [7, 11) is 2.07. The molecule has 0 aliphatic carbocycles. The van der Waals surface area contributed by atoms with Gasteiger partial charge in [0.05, 0.1) is 6.67 Å². The van der Waals surface area contributed by atoms with Crippen LogP contribution in [0.4, 0.5) is 0 Å². The van der Waals surface area contributed by atoms with Crippen LogP contribution < -0.4 is 0 Å². The van der Waals surface area contributed by atoms with Crippen molar-refractivity contribution in [1.82, 2.24) is 9.80 Å². The molecule has 1 aliphatic heterocycles. The van der Waals surface area contributed by atoms with E-state index in [0.717, 1.165) is 25.5 Å². The minimum Gasteiger partial charge on any atom is -0.362 e. The van der Waals surface area contributed by atoms with Crippen molar-refractivity contribution in [2.45, 2.75) is 6.42 Å². The first-order chi connectivity index (χ1) is 4.83. The zero-order valence-corrected chi connectivity index (χ0v) is 8.24. The molecule has 0 amide bonds. The fraction of sp³-hybridized carbons (Fsp3) is 0.714. The molecule has 66 valence electrons. The zero-order chi connectivity index (χ0) is 7.40. The number of alkyl halides is 1. The molecule has 0 unspecified atom stereocenters. The molecule has 1 heterocycles.